The van der Waals surface area contributed by atoms with Crippen LogP contribution >= 0.6 is 11.8 Å². The Kier molecular flexibility index (Phi) is 5.91. The zero-order chi connectivity index (χ0) is 18.4. The first-order valence-electron chi connectivity index (χ1n) is 8.14. The van der Waals surface area contributed by atoms with Gasteiger partial charge in [0.15, 0.2) is 6.61 Å². The van der Waals surface area contributed by atoms with Gasteiger partial charge < -0.3 is 14.5 Å². The molecule has 0 fully saturated rings. The molecule has 0 spiro atoms. The van der Waals surface area contributed by atoms with E-state index in [1.165, 1.54) is 11.8 Å². The quantitative estimate of drug-likeness (QED) is 0.633. The summed E-state index contributed by atoms with van der Waals surface area (Å²) in [5.41, 5.74) is 1.87. The van der Waals surface area contributed by atoms with Crippen LogP contribution in [0.4, 0.5) is 5.69 Å². The number of hydrogen-bond acceptors (Lipinski definition) is 6. The van der Waals surface area contributed by atoms with Gasteiger partial charge in [-0.1, -0.05) is 42.1 Å². The summed E-state index contributed by atoms with van der Waals surface area (Å²) in [4.78, 5) is 12.2. The number of carbonyl (C=O) groups is 1. The van der Waals surface area contributed by atoms with Crippen LogP contribution in [-0.2, 0) is 11.4 Å². The Morgan fingerprint density at radius 2 is 2.00 bits per heavy atom. The average Bonchev–Trinajstić information content (AvgIpc) is 3.08. The molecule has 1 amide bonds. The van der Waals surface area contributed by atoms with E-state index in [0.717, 1.165) is 17.0 Å². The fourth-order valence-electron chi connectivity index (χ4n) is 2.16. The van der Waals surface area contributed by atoms with E-state index in [-0.39, 0.29) is 17.8 Å². The Labute approximate surface area is 156 Å². The van der Waals surface area contributed by atoms with E-state index in [0.29, 0.717) is 11.1 Å². The topological polar surface area (TPSA) is 77.2 Å². The van der Waals surface area contributed by atoms with E-state index < -0.39 is 0 Å². The van der Waals surface area contributed by atoms with Gasteiger partial charge in [-0.15, -0.1) is 10.2 Å². The third-order valence-electron chi connectivity index (χ3n) is 3.49. The van der Waals surface area contributed by atoms with Crippen molar-refractivity contribution in [1.82, 2.24) is 10.2 Å². The number of aromatic nitrogens is 2. The highest BCUT2D eigenvalue weighted by Gasteiger charge is 2.18. The largest absolute Gasteiger partial charge is 0.484 e. The van der Waals surface area contributed by atoms with Crippen molar-refractivity contribution >= 4 is 23.4 Å². The van der Waals surface area contributed by atoms with E-state index >= 15 is 0 Å². The third kappa shape index (κ3) is 5.10. The van der Waals surface area contributed by atoms with Crippen molar-refractivity contribution in [1.29, 1.82) is 0 Å². The number of aryl methyl sites for hydroxylation is 1. The minimum atomic E-state index is -0.374. The van der Waals surface area contributed by atoms with E-state index in [1.807, 2.05) is 61.5 Å². The Morgan fingerprint density at radius 1 is 1.19 bits per heavy atom. The van der Waals surface area contributed by atoms with Crippen LogP contribution in [0.5, 0.6) is 5.75 Å². The number of thioether (sulfide) groups is 1. The minimum Gasteiger partial charge on any atom is -0.484 e. The van der Waals surface area contributed by atoms with Crippen molar-refractivity contribution in [2.45, 2.75) is 30.9 Å². The number of nitrogens with one attached hydrogen (secondary N) is 1. The van der Waals surface area contributed by atoms with Gasteiger partial charge in [0.25, 0.3) is 11.1 Å². The molecule has 1 aromatic heterocycles. The van der Waals surface area contributed by atoms with Crippen LogP contribution in [0, 0.1) is 6.92 Å². The average molecular weight is 369 g/mol. The predicted octanol–water partition coefficient (Wildman–Crippen LogP) is 4.08. The lowest BCUT2D eigenvalue weighted by molar-refractivity contribution is -0.115. The molecule has 0 saturated heterocycles. The Bertz CT molecular complexity index is 867. The van der Waals surface area contributed by atoms with Gasteiger partial charge in [-0.3, -0.25) is 4.79 Å². The number of benzene rings is 2. The highest BCUT2D eigenvalue weighted by molar-refractivity contribution is 8.00. The molecule has 2 aromatic carbocycles. The summed E-state index contributed by atoms with van der Waals surface area (Å²) in [6, 6.07) is 17.0. The molecule has 1 N–H and O–H groups in total. The van der Waals surface area contributed by atoms with E-state index in [4.69, 9.17) is 9.15 Å². The van der Waals surface area contributed by atoms with Crippen molar-refractivity contribution in [2.75, 3.05) is 5.32 Å². The van der Waals surface area contributed by atoms with Crippen molar-refractivity contribution in [2.24, 2.45) is 0 Å². The number of ether oxygens (including phenoxy) is 1. The van der Waals surface area contributed by atoms with Crippen LogP contribution in [0.15, 0.2) is 64.2 Å². The zero-order valence-corrected chi connectivity index (χ0v) is 15.3. The highest BCUT2D eigenvalue weighted by atomic mass is 32.2. The summed E-state index contributed by atoms with van der Waals surface area (Å²) in [6.45, 7) is 3.97. The second-order valence-corrected chi connectivity index (χ2v) is 6.97. The van der Waals surface area contributed by atoms with Gasteiger partial charge in [-0.2, -0.15) is 0 Å². The summed E-state index contributed by atoms with van der Waals surface area (Å²) in [5.74, 6) is 0.981. The molecule has 0 aliphatic heterocycles. The number of anilines is 1. The minimum absolute atomic E-state index is 0.128. The van der Waals surface area contributed by atoms with Crippen LogP contribution in [0.2, 0.25) is 0 Å². The molecule has 1 unspecified atom stereocenters. The van der Waals surface area contributed by atoms with Gasteiger partial charge in [0, 0.05) is 5.69 Å². The standard InChI is InChI=1S/C19H19N3O3S/c1-13-7-6-10-16(11-13)24-12-17-21-22-19(25-17)26-14(2)18(23)20-15-8-4-3-5-9-15/h3-11,14H,12H2,1-2H3,(H,20,23). The van der Waals surface area contributed by atoms with Crippen molar-refractivity contribution < 1.29 is 13.9 Å². The first-order chi connectivity index (χ1) is 12.6. The van der Waals surface area contributed by atoms with Gasteiger partial charge in [-0.05, 0) is 43.7 Å². The van der Waals surface area contributed by atoms with Crippen molar-refractivity contribution in [3.63, 3.8) is 0 Å². The summed E-state index contributed by atoms with van der Waals surface area (Å²) in [7, 11) is 0. The number of amides is 1. The molecule has 1 atom stereocenters. The molecule has 3 rings (SSSR count). The molecule has 26 heavy (non-hydrogen) atoms. The van der Waals surface area contributed by atoms with Gasteiger partial charge in [0.1, 0.15) is 5.75 Å². The summed E-state index contributed by atoms with van der Waals surface area (Å²) in [5, 5.41) is 10.7. The molecule has 0 radical (unpaired) electrons. The van der Waals surface area contributed by atoms with E-state index in [1.54, 1.807) is 6.92 Å². The number of carbonyl (C=O) groups excluding carboxylic acids is 1. The Hall–Kier alpha value is -2.80. The molecule has 1 heterocycles. The Balaban J connectivity index is 1.51. The first kappa shape index (κ1) is 18.0. The smallest absolute Gasteiger partial charge is 0.277 e. The summed E-state index contributed by atoms with van der Waals surface area (Å²) in [6.07, 6.45) is 0. The predicted molar refractivity (Wildman–Crippen MR) is 100 cm³/mol. The van der Waals surface area contributed by atoms with Crippen molar-refractivity contribution in [3.05, 3.63) is 66.1 Å². The fraction of sp³-hybridized carbons (Fsp3) is 0.211. The first-order valence-corrected chi connectivity index (χ1v) is 9.02. The lowest BCUT2D eigenvalue weighted by Gasteiger charge is -2.09. The monoisotopic (exact) mass is 369 g/mol. The molecule has 134 valence electrons. The zero-order valence-electron chi connectivity index (χ0n) is 14.5. The maximum Gasteiger partial charge on any atom is 0.277 e. The molecule has 3 aromatic rings. The highest BCUT2D eigenvalue weighted by Crippen LogP contribution is 2.23. The van der Waals surface area contributed by atoms with Crippen molar-refractivity contribution in [3.8, 4) is 5.75 Å². The lowest BCUT2D eigenvalue weighted by atomic mass is 10.2. The molecular formula is C19H19N3O3S. The van der Waals surface area contributed by atoms with E-state index in [9.17, 15) is 4.79 Å². The normalized spacial score (nSPS) is 11.8. The number of nitrogens with zero attached hydrogens (tertiary/aromatic N) is 2. The number of hydrogen-bond donors (Lipinski definition) is 1. The molecule has 0 aliphatic rings. The maximum atomic E-state index is 12.2. The number of rotatable bonds is 7. The van der Waals surface area contributed by atoms with Crippen LogP contribution in [0.3, 0.4) is 0 Å². The van der Waals surface area contributed by atoms with Gasteiger partial charge in [0.05, 0.1) is 5.25 Å². The molecule has 0 aliphatic carbocycles. The van der Waals surface area contributed by atoms with E-state index in [2.05, 4.69) is 15.5 Å². The van der Waals surface area contributed by atoms with Crippen LogP contribution in [0.25, 0.3) is 0 Å². The molecule has 0 bridgehead atoms. The summed E-state index contributed by atoms with van der Waals surface area (Å²) < 4.78 is 11.2. The van der Waals surface area contributed by atoms with Gasteiger partial charge in [-0.25, -0.2) is 0 Å². The Morgan fingerprint density at radius 3 is 2.77 bits per heavy atom. The van der Waals surface area contributed by atoms with Gasteiger partial charge >= 0.3 is 0 Å². The van der Waals surface area contributed by atoms with Crippen LogP contribution < -0.4 is 10.1 Å². The lowest BCUT2D eigenvalue weighted by Crippen LogP contribution is -2.22. The molecule has 0 saturated carbocycles. The fourth-order valence-corrected chi connectivity index (χ4v) is 2.87. The second kappa shape index (κ2) is 8.53. The van der Waals surface area contributed by atoms with Gasteiger partial charge in [0.2, 0.25) is 5.91 Å². The summed E-state index contributed by atoms with van der Waals surface area (Å²) >= 11 is 1.21. The SMILES string of the molecule is Cc1cccc(OCc2nnc(SC(C)C(=O)Nc3ccccc3)o2)c1. The second-order valence-electron chi connectivity index (χ2n) is 5.68. The molecule has 6 nitrogen and oxygen atoms in total. The molecule has 7 heteroatoms. The van der Waals surface area contributed by atoms with Crippen LogP contribution in [-0.4, -0.2) is 21.4 Å². The molecular weight excluding hydrogens is 350 g/mol. The van der Waals surface area contributed by atoms with Crippen LogP contribution in [0.1, 0.15) is 18.4 Å². The number of para-hydroxylation sites is 1. The maximum absolute atomic E-state index is 12.2. The third-order valence-corrected chi connectivity index (χ3v) is 4.42.